The maximum atomic E-state index is 8.98. The van der Waals surface area contributed by atoms with E-state index in [1.54, 1.807) is 26.4 Å². The molecule has 0 saturated heterocycles. The highest BCUT2D eigenvalue weighted by Gasteiger charge is 2.20. The zero-order chi connectivity index (χ0) is 19.0. The molecule has 0 radical (unpaired) electrons. The summed E-state index contributed by atoms with van der Waals surface area (Å²) in [4.78, 5) is 3.19. The summed E-state index contributed by atoms with van der Waals surface area (Å²) in [5.74, 6) is 1.80. The fourth-order valence-electron chi connectivity index (χ4n) is 1.98. The summed E-state index contributed by atoms with van der Waals surface area (Å²) in [5, 5.41) is 8.98. The van der Waals surface area contributed by atoms with Crippen molar-refractivity contribution < 1.29 is 31.7 Å². The molecule has 0 spiro atoms. The molecule has 0 aliphatic carbocycles. The molecule has 0 aliphatic heterocycles. The molecule has 0 bridgehead atoms. The van der Waals surface area contributed by atoms with E-state index in [1.165, 1.54) is 7.11 Å². The van der Waals surface area contributed by atoms with E-state index in [-0.39, 0.29) is 0 Å². The second-order valence-corrected chi connectivity index (χ2v) is 5.34. The minimum Gasteiger partial charge on any atom is -0.726 e. The van der Waals surface area contributed by atoms with Crippen molar-refractivity contribution in [2.75, 3.05) is 21.3 Å². The Morgan fingerprint density at radius 3 is 2.12 bits per heavy atom. The van der Waals surface area contributed by atoms with Gasteiger partial charge in [0.2, 0.25) is 21.5 Å². The zero-order valence-electron chi connectivity index (χ0n) is 13.7. The van der Waals surface area contributed by atoms with E-state index in [1.807, 2.05) is 24.3 Å². The van der Waals surface area contributed by atoms with Crippen LogP contribution in [0, 0.1) is 5.39 Å². The predicted molar refractivity (Wildman–Crippen MR) is 88.6 cm³/mol. The Balaban J connectivity index is 0.000000550. The second kappa shape index (κ2) is 8.84. The standard InChI is InChI=1S/C15H15N2O3.H2O4S/c1-18-11-6-4-5-10(7-11)12-8-15(20-3)13(17-16)9-14(12)19-2;1-5(2,3)4/h4-9H,1-3H3;(H2,1,2,3,4)/q+1;/p-1. The van der Waals surface area contributed by atoms with Crippen LogP contribution in [0.5, 0.6) is 17.2 Å². The Hall–Kier alpha value is -2.87. The van der Waals surface area contributed by atoms with Crippen molar-refractivity contribution in [3.63, 3.8) is 0 Å². The third-order valence-electron chi connectivity index (χ3n) is 2.99. The van der Waals surface area contributed by atoms with Crippen LogP contribution in [0.15, 0.2) is 36.4 Å². The summed E-state index contributed by atoms with van der Waals surface area (Å²) in [5.41, 5.74) is 2.07. The lowest BCUT2D eigenvalue weighted by Crippen LogP contribution is -1.91. The molecule has 0 aromatic heterocycles. The molecule has 25 heavy (non-hydrogen) atoms. The molecule has 2 aromatic rings. The summed E-state index contributed by atoms with van der Waals surface area (Å²) in [6.45, 7) is 0. The monoisotopic (exact) mass is 368 g/mol. The van der Waals surface area contributed by atoms with Gasteiger partial charge in [0, 0.05) is 11.6 Å². The van der Waals surface area contributed by atoms with Crippen molar-refractivity contribution in [3.05, 3.63) is 41.4 Å². The van der Waals surface area contributed by atoms with Crippen LogP contribution >= 0.6 is 0 Å². The van der Waals surface area contributed by atoms with Crippen molar-refractivity contribution in [1.29, 1.82) is 5.39 Å². The minimum atomic E-state index is -4.92. The lowest BCUT2D eigenvalue weighted by atomic mass is 10.0. The smallest absolute Gasteiger partial charge is 0.430 e. The molecule has 1 N–H and O–H groups in total. The van der Waals surface area contributed by atoms with E-state index in [0.29, 0.717) is 17.2 Å². The fourth-order valence-corrected chi connectivity index (χ4v) is 1.98. The molecule has 134 valence electrons. The zero-order valence-corrected chi connectivity index (χ0v) is 14.5. The van der Waals surface area contributed by atoms with Gasteiger partial charge in [-0.2, -0.15) is 0 Å². The van der Waals surface area contributed by atoms with E-state index < -0.39 is 10.4 Å². The van der Waals surface area contributed by atoms with Gasteiger partial charge < -0.3 is 18.8 Å². The second-order valence-electron chi connectivity index (χ2n) is 4.48. The molecular formula is C15H16N2O7S. The summed E-state index contributed by atoms with van der Waals surface area (Å²) < 4.78 is 48.6. The first-order valence-corrected chi connectivity index (χ1v) is 8.03. The van der Waals surface area contributed by atoms with Crippen LogP contribution in [0.2, 0.25) is 0 Å². The van der Waals surface area contributed by atoms with Crippen LogP contribution in [0.25, 0.3) is 16.1 Å². The quantitative estimate of drug-likeness (QED) is 0.495. The van der Waals surface area contributed by atoms with Gasteiger partial charge in [0.1, 0.15) is 11.5 Å². The van der Waals surface area contributed by atoms with Crippen LogP contribution in [-0.2, 0) is 10.4 Å². The maximum absolute atomic E-state index is 8.98. The molecule has 10 heteroatoms. The van der Waals surface area contributed by atoms with Crippen molar-refractivity contribution >= 4 is 16.1 Å². The maximum Gasteiger partial charge on any atom is 0.430 e. The number of benzene rings is 2. The molecular weight excluding hydrogens is 352 g/mol. The molecule has 0 unspecified atom stereocenters. The normalized spacial score (nSPS) is 10.1. The molecule has 0 saturated carbocycles. The number of rotatable bonds is 4. The lowest BCUT2D eigenvalue weighted by Gasteiger charge is -2.10. The van der Waals surface area contributed by atoms with Gasteiger partial charge in [-0.1, -0.05) is 12.1 Å². The van der Waals surface area contributed by atoms with Gasteiger partial charge in [-0.3, -0.25) is 4.55 Å². The van der Waals surface area contributed by atoms with Crippen molar-refractivity contribution in [1.82, 2.24) is 0 Å². The minimum absolute atomic E-state index is 0.316. The molecule has 0 amide bonds. The third kappa shape index (κ3) is 6.27. The Labute approximate surface area is 145 Å². The topological polar surface area (TPSA) is 133 Å². The van der Waals surface area contributed by atoms with Gasteiger partial charge in [-0.25, -0.2) is 8.42 Å². The van der Waals surface area contributed by atoms with Gasteiger partial charge in [0.15, 0.2) is 4.98 Å². The fraction of sp³-hybridized carbons (Fsp3) is 0.200. The van der Waals surface area contributed by atoms with Crippen LogP contribution < -0.4 is 14.2 Å². The van der Waals surface area contributed by atoms with Gasteiger partial charge in [0.05, 0.1) is 27.4 Å². The van der Waals surface area contributed by atoms with Crippen LogP contribution in [0.4, 0.5) is 5.69 Å². The van der Waals surface area contributed by atoms with Crippen LogP contribution in [0.1, 0.15) is 0 Å². The average molecular weight is 368 g/mol. The number of diazo groups is 1. The molecule has 0 atom stereocenters. The number of methoxy groups -OCH3 is 3. The highest BCUT2D eigenvalue weighted by atomic mass is 32.3. The largest absolute Gasteiger partial charge is 0.726 e. The predicted octanol–water partition coefficient (Wildman–Crippen LogP) is 2.87. The first-order chi connectivity index (χ1) is 11.7. The van der Waals surface area contributed by atoms with E-state index in [0.717, 1.165) is 16.9 Å². The molecule has 9 nitrogen and oxygen atoms in total. The molecule has 0 heterocycles. The summed E-state index contributed by atoms with van der Waals surface area (Å²) in [7, 11) is -0.219. The molecule has 2 aromatic carbocycles. The van der Waals surface area contributed by atoms with Crippen LogP contribution in [0.3, 0.4) is 0 Å². The average Bonchev–Trinajstić information content (AvgIpc) is 2.59. The number of ether oxygens (including phenoxy) is 3. The third-order valence-corrected chi connectivity index (χ3v) is 2.99. The van der Waals surface area contributed by atoms with Gasteiger partial charge in [0.25, 0.3) is 0 Å². The van der Waals surface area contributed by atoms with Crippen molar-refractivity contribution in [3.8, 4) is 28.4 Å². The molecule has 0 fully saturated rings. The first-order valence-electron chi connectivity index (χ1n) is 6.67. The van der Waals surface area contributed by atoms with E-state index >= 15 is 0 Å². The highest BCUT2D eigenvalue weighted by Crippen LogP contribution is 2.40. The van der Waals surface area contributed by atoms with Gasteiger partial charge in [-0.05, 0) is 17.7 Å². The summed E-state index contributed by atoms with van der Waals surface area (Å²) in [6.07, 6.45) is 0. The van der Waals surface area contributed by atoms with E-state index in [2.05, 4.69) is 4.98 Å². The van der Waals surface area contributed by atoms with Crippen LogP contribution in [-0.4, -0.2) is 38.9 Å². The highest BCUT2D eigenvalue weighted by molar-refractivity contribution is 7.79. The first kappa shape index (κ1) is 20.2. The Morgan fingerprint density at radius 1 is 1.04 bits per heavy atom. The summed E-state index contributed by atoms with van der Waals surface area (Å²) >= 11 is 0. The van der Waals surface area contributed by atoms with Gasteiger partial charge in [-0.15, -0.1) is 0 Å². The molecule has 0 aliphatic rings. The van der Waals surface area contributed by atoms with Gasteiger partial charge >= 0.3 is 5.69 Å². The molecule has 2 rings (SSSR count). The lowest BCUT2D eigenvalue weighted by molar-refractivity contribution is 0.366. The Morgan fingerprint density at radius 2 is 1.64 bits per heavy atom. The van der Waals surface area contributed by atoms with Crippen molar-refractivity contribution in [2.45, 2.75) is 0 Å². The Bertz CT molecular complexity index is 868. The number of nitrogens with zero attached hydrogens (tertiary/aromatic N) is 2. The summed E-state index contributed by atoms with van der Waals surface area (Å²) in [6, 6.07) is 11.0. The van der Waals surface area contributed by atoms with E-state index in [4.69, 9.17) is 37.1 Å². The Kier molecular flexibility index (Phi) is 7.13. The van der Waals surface area contributed by atoms with Crippen molar-refractivity contribution in [2.24, 2.45) is 0 Å². The number of hydrogen-bond donors (Lipinski definition) is 1. The number of hydrogen-bond acceptors (Lipinski definition) is 7. The van der Waals surface area contributed by atoms with E-state index in [9.17, 15) is 0 Å². The SMILES string of the molecule is COc1cccc(-c2cc(OC)c([N+]#N)cc2OC)c1.O=S(=O)([O-])O.